The van der Waals surface area contributed by atoms with Crippen LogP contribution in [0.2, 0.25) is 0 Å². The number of hydrogen-bond acceptors (Lipinski definition) is 6. The topological polar surface area (TPSA) is 83.0 Å². The number of hydrogen-bond donors (Lipinski definition) is 1. The highest BCUT2D eigenvalue weighted by Crippen LogP contribution is 2.60. The number of carbonyl (C=O) groups excluding carboxylic acids is 1. The average Bonchev–Trinajstić information content (AvgIpc) is 3.58. The van der Waals surface area contributed by atoms with Crippen LogP contribution >= 0.6 is 11.3 Å². The molecule has 0 radical (unpaired) electrons. The van der Waals surface area contributed by atoms with Crippen LogP contribution in [0, 0.1) is 28.5 Å². The normalized spacial score (nSPS) is 24.8. The van der Waals surface area contributed by atoms with Gasteiger partial charge in [-0.2, -0.15) is 26.3 Å². The summed E-state index contributed by atoms with van der Waals surface area (Å²) in [6.45, 7) is 0.828. The fraction of sp³-hybridized carbons (Fsp3) is 0.559. The largest absolute Gasteiger partial charge is 0.478 e. The second kappa shape index (κ2) is 12.1. The van der Waals surface area contributed by atoms with Gasteiger partial charge in [-0.25, -0.2) is 14.2 Å². The number of benzene rings is 2. The highest BCUT2D eigenvalue weighted by molar-refractivity contribution is 7.17. The number of aromatic carboxylic acids is 1. The number of amides is 1. The number of halogens is 7. The Balaban J connectivity index is 1.09. The molecular formula is C34H34F7N3O4S. The van der Waals surface area contributed by atoms with Crippen molar-refractivity contribution in [3.63, 3.8) is 0 Å². The predicted octanol–water partition coefficient (Wildman–Crippen LogP) is 7.79. The second-order valence-electron chi connectivity index (χ2n) is 14.1. The molecule has 3 aromatic rings. The first-order valence-corrected chi connectivity index (χ1v) is 17.1. The third-order valence-electron chi connectivity index (χ3n) is 11.1. The van der Waals surface area contributed by atoms with Crippen LogP contribution in [0.3, 0.4) is 0 Å². The van der Waals surface area contributed by atoms with Crippen molar-refractivity contribution < 1.29 is 50.2 Å². The maximum atomic E-state index is 14.6. The average molecular weight is 714 g/mol. The Hall–Kier alpha value is -3.46. The molecule has 7 rings (SSSR count). The SMILES string of the molecule is O=C(O)c1c(COCC2CN(c3cc(F)cc4ncsc34)CC23CN(C(=O)C2(C(F)(F)F)CC2)C3)cccc1C1CCC(C(F)(F)F)CC1. The first-order valence-electron chi connectivity index (χ1n) is 16.3. The predicted molar refractivity (Wildman–Crippen MR) is 166 cm³/mol. The number of alkyl halides is 6. The molecule has 2 aromatic carbocycles. The van der Waals surface area contributed by atoms with Gasteiger partial charge >= 0.3 is 18.3 Å². The van der Waals surface area contributed by atoms with E-state index >= 15 is 0 Å². The van der Waals surface area contributed by atoms with Crippen LogP contribution in [0.25, 0.3) is 10.2 Å². The standard InChI is InChI=1S/C34H34F7N3O4S/c35-23-10-25-28(49-18-42-25)26(11-23)43-12-22(31(15-43)16-44(17-31)30(47)32(8-9-32)34(39,40)41)14-48-13-20-2-1-3-24(27(20)29(45)46)19-4-6-21(7-5-19)33(36,37)38/h1-3,10-11,18-19,21-22H,4-9,12-17H2,(H,45,46). The number of thiazole rings is 1. The Labute approximate surface area is 281 Å². The van der Waals surface area contributed by atoms with Crippen LogP contribution in [0.4, 0.5) is 36.4 Å². The molecule has 15 heteroatoms. The summed E-state index contributed by atoms with van der Waals surface area (Å²) in [4.78, 5) is 33.0. The maximum Gasteiger partial charge on any atom is 0.403 e. The first-order chi connectivity index (χ1) is 23.1. The van der Waals surface area contributed by atoms with Crippen LogP contribution in [0.15, 0.2) is 35.8 Å². The molecular weight excluding hydrogens is 679 g/mol. The van der Waals surface area contributed by atoms with Crippen molar-refractivity contribution >= 4 is 39.1 Å². The highest BCUT2D eigenvalue weighted by Gasteiger charge is 2.71. The molecule has 1 N–H and O–H groups in total. The van der Waals surface area contributed by atoms with Crippen LogP contribution < -0.4 is 4.90 Å². The third kappa shape index (κ3) is 6.04. The lowest BCUT2D eigenvalue weighted by Gasteiger charge is -2.52. The van der Waals surface area contributed by atoms with E-state index < -0.39 is 46.8 Å². The number of carbonyl (C=O) groups is 2. The van der Waals surface area contributed by atoms with Crippen molar-refractivity contribution in [3.05, 3.63) is 58.3 Å². The van der Waals surface area contributed by atoms with E-state index in [1.807, 2.05) is 4.90 Å². The summed E-state index contributed by atoms with van der Waals surface area (Å²) >= 11 is 1.34. The van der Waals surface area contributed by atoms with Gasteiger partial charge in [-0.3, -0.25) is 4.79 Å². The number of carboxylic acid groups (broad SMARTS) is 1. The number of ether oxygens (including phenoxy) is 1. The van der Waals surface area contributed by atoms with Crippen molar-refractivity contribution in [2.75, 3.05) is 37.7 Å². The molecule has 4 aliphatic rings. The maximum absolute atomic E-state index is 14.6. The van der Waals surface area contributed by atoms with E-state index in [9.17, 15) is 45.4 Å². The Morgan fingerprint density at radius 1 is 1.02 bits per heavy atom. The summed E-state index contributed by atoms with van der Waals surface area (Å²) in [7, 11) is 0. The Bertz CT molecular complexity index is 1760. The van der Waals surface area contributed by atoms with E-state index in [4.69, 9.17) is 4.74 Å². The zero-order valence-electron chi connectivity index (χ0n) is 26.2. The lowest BCUT2D eigenvalue weighted by molar-refractivity contribution is -0.205. The molecule has 1 atom stereocenters. The number of aromatic nitrogens is 1. The number of anilines is 1. The van der Waals surface area contributed by atoms with Gasteiger partial charge in [0.1, 0.15) is 11.2 Å². The molecule has 1 amide bonds. The van der Waals surface area contributed by atoms with Crippen molar-refractivity contribution in [3.8, 4) is 0 Å². The zero-order chi connectivity index (χ0) is 34.9. The fourth-order valence-corrected chi connectivity index (χ4v) is 9.06. The van der Waals surface area contributed by atoms with Crippen molar-refractivity contribution in [1.82, 2.24) is 9.88 Å². The van der Waals surface area contributed by atoms with E-state index in [1.165, 1.54) is 28.4 Å². The molecule has 2 saturated carbocycles. The molecule has 264 valence electrons. The molecule has 4 fully saturated rings. The minimum atomic E-state index is -4.63. The van der Waals surface area contributed by atoms with Gasteiger partial charge in [-0.15, -0.1) is 11.3 Å². The smallest absolute Gasteiger partial charge is 0.403 e. The molecule has 1 unspecified atom stereocenters. The number of carboxylic acids is 1. The summed E-state index contributed by atoms with van der Waals surface area (Å²) in [6.07, 6.45) is -9.11. The summed E-state index contributed by atoms with van der Waals surface area (Å²) < 4.78 is 103. The Morgan fingerprint density at radius 2 is 1.73 bits per heavy atom. The summed E-state index contributed by atoms with van der Waals surface area (Å²) in [6, 6.07) is 7.64. The highest BCUT2D eigenvalue weighted by atomic mass is 32.1. The Kier molecular flexibility index (Phi) is 8.40. The van der Waals surface area contributed by atoms with E-state index in [0.29, 0.717) is 35.4 Å². The summed E-state index contributed by atoms with van der Waals surface area (Å²) in [5.74, 6) is -4.65. The molecule has 3 heterocycles. The lowest BCUT2D eigenvalue weighted by atomic mass is 9.71. The molecule has 1 spiro atoms. The van der Waals surface area contributed by atoms with Gasteiger partial charge in [0, 0.05) is 43.6 Å². The van der Waals surface area contributed by atoms with E-state index in [1.54, 1.807) is 23.7 Å². The Morgan fingerprint density at radius 3 is 2.37 bits per heavy atom. The quantitative estimate of drug-likeness (QED) is 0.240. The molecule has 0 bridgehead atoms. The van der Waals surface area contributed by atoms with Gasteiger partial charge in [0.2, 0.25) is 5.91 Å². The van der Waals surface area contributed by atoms with Crippen molar-refractivity contribution in [2.24, 2.45) is 22.7 Å². The number of likely N-dealkylation sites (tertiary alicyclic amines) is 1. The lowest BCUT2D eigenvalue weighted by Crippen LogP contribution is -2.65. The third-order valence-corrected chi connectivity index (χ3v) is 12.0. The summed E-state index contributed by atoms with van der Waals surface area (Å²) in [5.41, 5.74) is 0.559. The van der Waals surface area contributed by atoms with Crippen molar-refractivity contribution in [1.29, 1.82) is 0 Å². The van der Waals surface area contributed by atoms with Crippen LogP contribution in [0.5, 0.6) is 0 Å². The van der Waals surface area contributed by atoms with Gasteiger partial charge in [0.25, 0.3) is 0 Å². The van der Waals surface area contributed by atoms with E-state index in [-0.39, 0.29) is 82.2 Å². The zero-order valence-corrected chi connectivity index (χ0v) is 27.1. The van der Waals surface area contributed by atoms with Gasteiger partial charge in [0.15, 0.2) is 0 Å². The van der Waals surface area contributed by atoms with E-state index in [0.717, 1.165) is 4.70 Å². The molecule has 1 aromatic heterocycles. The number of rotatable bonds is 8. The van der Waals surface area contributed by atoms with Gasteiger partial charge in [0.05, 0.1) is 46.1 Å². The minimum Gasteiger partial charge on any atom is -0.478 e. The second-order valence-corrected chi connectivity index (χ2v) is 15.0. The molecule has 49 heavy (non-hydrogen) atoms. The molecule has 7 nitrogen and oxygen atoms in total. The number of nitrogens with zero attached hydrogens (tertiary/aromatic N) is 3. The van der Waals surface area contributed by atoms with Gasteiger partial charge in [-0.05, 0) is 61.6 Å². The van der Waals surface area contributed by atoms with Crippen LogP contribution in [0.1, 0.15) is 65.9 Å². The molecule has 2 aliphatic heterocycles. The molecule has 2 saturated heterocycles. The van der Waals surface area contributed by atoms with Gasteiger partial charge < -0.3 is 19.6 Å². The first kappa shape index (κ1) is 34.0. The van der Waals surface area contributed by atoms with E-state index in [2.05, 4.69) is 4.98 Å². The van der Waals surface area contributed by atoms with Crippen molar-refractivity contribution in [2.45, 2.75) is 63.4 Å². The van der Waals surface area contributed by atoms with Crippen LogP contribution in [-0.2, 0) is 16.1 Å². The fourth-order valence-electron chi connectivity index (χ4n) is 8.25. The van der Waals surface area contributed by atoms with Crippen LogP contribution in [-0.4, -0.2) is 72.0 Å². The number of fused-ring (bicyclic) bond motifs is 1. The molecule has 2 aliphatic carbocycles. The monoisotopic (exact) mass is 713 g/mol. The minimum absolute atomic E-state index is 0.00960. The van der Waals surface area contributed by atoms with Gasteiger partial charge in [-0.1, -0.05) is 18.2 Å². The summed E-state index contributed by atoms with van der Waals surface area (Å²) in [5, 5.41) is 10.2.